The van der Waals surface area contributed by atoms with Crippen molar-refractivity contribution >= 4 is 5.69 Å². The van der Waals surface area contributed by atoms with Gasteiger partial charge >= 0.3 is 0 Å². The van der Waals surface area contributed by atoms with Crippen LogP contribution in [-0.4, -0.2) is 44.7 Å². The summed E-state index contributed by atoms with van der Waals surface area (Å²) < 4.78 is 5.23. The van der Waals surface area contributed by atoms with Crippen LogP contribution >= 0.6 is 0 Å². The molecule has 0 radical (unpaired) electrons. The first-order chi connectivity index (χ1) is 9.74. The van der Waals surface area contributed by atoms with Gasteiger partial charge in [0.2, 0.25) is 0 Å². The Hall–Kier alpha value is -1.22. The van der Waals surface area contributed by atoms with Crippen molar-refractivity contribution in [2.45, 2.75) is 26.2 Å². The molecule has 0 aliphatic carbocycles. The van der Waals surface area contributed by atoms with Crippen LogP contribution in [0.2, 0.25) is 0 Å². The van der Waals surface area contributed by atoms with Crippen LogP contribution < -0.4 is 9.64 Å². The maximum Gasteiger partial charge on any atom is 0.119 e. The highest BCUT2D eigenvalue weighted by Crippen LogP contribution is 2.41. The lowest BCUT2D eigenvalue weighted by Crippen LogP contribution is -2.41. The molecule has 0 unspecified atom stereocenters. The number of piperidine rings is 1. The first kappa shape index (κ1) is 13.7. The molecule has 2 aliphatic rings. The molecule has 3 heteroatoms. The second-order valence-corrected chi connectivity index (χ2v) is 6.30. The normalized spacial score (nSPS) is 22.4. The first-order valence-corrected chi connectivity index (χ1v) is 7.86. The molecule has 0 aromatic heterocycles. The van der Waals surface area contributed by atoms with Gasteiger partial charge in [-0.2, -0.15) is 0 Å². The minimum atomic E-state index is 0.610. The Kier molecular flexibility index (Phi) is 3.88. The van der Waals surface area contributed by atoms with Gasteiger partial charge in [-0.15, -0.1) is 0 Å². The fourth-order valence-electron chi connectivity index (χ4n) is 3.74. The molecule has 3 rings (SSSR count). The van der Waals surface area contributed by atoms with Crippen LogP contribution in [0.3, 0.4) is 0 Å². The van der Waals surface area contributed by atoms with E-state index in [1.807, 2.05) is 0 Å². The van der Waals surface area contributed by atoms with E-state index in [2.05, 4.69) is 41.0 Å². The van der Waals surface area contributed by atoms with Crippen molar-refractivity contribution in [2.75, 3.05) is 44.7 Å². The lowest BCUT2D eigenvalue weighted by Gasteiger charge is -2.40. The summed E-state index contributed by atoms with van der Waals surface area (Å²) in [7, 11) is 1.72. The number of hydrogen-bond acceptors (Lipinski definition) is 3. The van der Waals surface area contributed by atoms with Crippen LogP contribution in [0.5, 0.6) is 5.75 Å². The molecule has 1 aromatic rings. The van der Waals surface area contributed by atoms with E-state index in [0.29, 0.717) is 5.41 Å². The van der Waals surface area contributed by atoms with Crippen LogP contribution in [0.15, 0.2) is 24.3 Å². The summed E-state index contributed by atoms with van der Waals surface area (Å²) in [6.07, 6.45) is 4.09. The smallest absolute Gasteiger partial charge is 0.119 e. The number of nitrogens with zero attached hydrogens (tertiary/aromatic N) is 2. The van der Waals surface area contributed by atoms with E-state index in [-0.39, 0.29) is 0 Å². The Morgan fingerprint density at radius 2 is 1.70 bits per heavy atom. The lowest BCUT2D eigenvalue weighted by atomic mass is 9.77. The zero-order valence-electron chi connectivity index (χ0n) is 12.8. The molecular formula is C17H26N2O. The quantitative estimate of drug-likeness (QED) is 0.842. The van der Waals surface area contributed by atoms with Gasteiger partial charge in [0.15, 0.2) is 0 Å². The van der Waals surface area contributed by atoms with Crippen LogP contribution in [0.25, 0.3) is 0 Å². The monoisotopic (exact) mass is 274 g/mol. The summed E-state index contributed by atoms with van der Waals surface area (Å²) in [6, 6.07) is 8.50. The average Bonchev–Trinajstić information content (AvgIpc) is 2.91. The van der Waals surface area contributed by atoms with Gasteiger partial charge in [-0.25, -0.2) is 0 Å². The van der Waals surface area contributed by atoms with Gasteiger partial charge < -0.3 is 14.5 Å². The molecular weight excluding hydrogens is 248 g/mol. The second kappa shape index (κ2) is 5.65. The number of methoxy groups -OCH3 is 1. The fraction of sp³-hybridized carbons (Fsp3) is 0.647. The topological polar surface area (TPSA) is 15.7 Å². The zero-order valence-corrected chi connectivity index (χ0v) is 12.8. The molecule has 0 amide bonds. The highest BCUT2D eigenvalue weighted by Gasteiger charge is 2.39. The molecule has 1 spiro atoms. The average molecular weight is 274 g/mol. The predicted molar refractivity (Wildman–Crippen MR) is 83.6 cm³/mol. The van der Waals surface area contributed by atoms with Gasteiger partial charge in [0.1, 0.15) is 5.75 Å². The van der Waals surface area contributed by atoms with E-state index >= 15 is 0 Å². The Labute approximate surface area is 122 Å². The van der Waals surface area contributed by atoms with E-state index in [0.717, 1.165) is 5.75 Å². The second-order valence-electron chi connectivity index (χ2n) is 6.30. The summed E-state index contributed by atoms with van der Waals surface area (Å²) in [5, 5.41) is 0. The van der Waals surface area contributed by atoms with Crippen molar-refractivity contribution in [1.29, 1.82) is 0 Å². The van der Waals surface area contributed by atoms with E-state index in [1.54, 1.807) is 7.11 Å². The molecule has 2 saturated heterocycles. The van der Waals surface area contributed by atoms with Gasteiger partial charge in [-0.3, -0.25) is 0 Å². The van der Waals surface area contributed by atoms with Crippen LogP contribution in [0, 0.1) is 5.41 Å². The maximum absolute atomic E-state index is 5.23. The van der Waals surface area contributed by atoms with Crippen molar-refractivity contribution in [3.05, 3.63) is 24.3 Å². The van der Waals surface area contributed by atoms with E-state index in [9.17, 15) is 0 Å². The van der Waals surface area contributed by atoms with Crippen molar-refractivity contribution in [2.24, 2.45) is 5.41 Å². The molecule has 2 heterocycles. The Morgan fingerprint density at radius 1 is 1.05 bits per heavy atom. The lowest BCUT2D eigenvalue weighted by molar-refractivity contribution is 0.213. The summed E-state index contributed by atoms with van der Waals surface area (Å²) in [5.41, 5.74) is 1.95. The van der Waals surface area contributed by atoms with Gasteiger partial charge in [0.05, 0.1) is 7.11 Å². The standard InChI is InChI=1S/C17H26N2O/c1-3-18-11-8-17(14-18)9-12-19(13-10-17)15-4-6-16(20-2)7-5-15/h4-7H,3,8-14H2,1-2H3. The zero-order chi connectivity index (χ0) is 14.0. The van der Waals surface area contributed by atoms with Crippen molar-refractivity contribution in [3.63, 3.8) is 0 Å². The number of anilines is 1. The van der Waals surface area contributed by atoms with Crippen molar-refractivity contribution < 1.29 is 4.74 Å². The minimum Gasteiger partial charge on any atom is -0.497 e. The summed E-state index contributed by atoms with van der Waals surface area (Å²) in [5.74, 6) is 0.941. The molecule has 0 saturated carbocycles. The molecule has 1 aromatic carbocycles. The van der Waals surface area contributed by atoms with Crippen LogP contribution in [0.4, 0.5) is 5.69 Å². The predicted octanol–water partition coefficient (Wildman–Crippen LogP) is 3.01. The molecule has 0 N–H and O–H groups in total. The van der Waals surface area contributed by atoms with E-state index < -0.39 is 0 Å². The summed E-state index contributed by atoms with van der Waals surface area (Å²) in [4.78, 5) is 5.14. The molecule has 20 heavy (non-hydrogen) atoms. The van der Waals surface area contributed by atoms with Crippen molar-refractivity contribution in [3.8, 4) is 5.75 Å². The third-order valence-corrected chi connectivity index (χ3v) is 5.23. The third-order valence-electron chi connectivity index (χ3n) is 5.23. The Balaban J connectivity index is 1.60. The Morgan fingerprint density at radius 3 is 2.25 bits per heavy atom. The molecule has 2 fully saturated rings. The minimum absolute atomic E-state index is 0.610. The largest absolute Gasteiger partial charge is 0.497 e. The molecule has 0 atom stereocenters. The number of likely N-dealkylation sites (tertiary alicyclic amines) is 1. The van der Waals surface area contributed by atoms with Gasteiger partial charge in [-0.1, -0.05) is 6.92 Å². The molecule has 3 nitrogen and oxygen atoms in total. The van der Waals surface area contributed by atoms with Gasteiger partial charge in [-0.05, 0) is 62.0 Å². The number of hydrogen-bond donors (Lipinski definition) is 0. The van der Waals surface area contributed by atoms with Gasteiger partial charge in [0.25, 0.3) is 0 Å². The van der Waals surface area contributed by atoms with Gasteiger partial charge in [0, 0.05) is 25.3 Å². The van der Waals surface area contributed by atoms with Crippen molar-refractivity contribution in [1.82, 2.24) is 4.90 Å². The van der Waals surface area contributed by atoms with Crippen LogP contribution in [-0.2, 0) is 0 Å². The number of ether oxygens (including phenoxy) is 1. The third kappa shape index (κ3) is 2.64. The maximum atomic E-state index is 5.23. The molecule has 110 valence electrons. The van der Waals surface area contributed by atoms with E-state index in [1.165, 1.54) is 57.7 Å². The highest BCUT2D eigenvalue weighted by atomic mass is 16.5. The highest BCUT2D eigenvalue weighted by molar-refractivity contribution is 5.49. The molecule has 2 aliphatic heterocycles. The fourth-order valence-corrected chi connectivity index (χ4v) is 3.74. The SMILES string of the molecule is CCN1CCC2(CCN(c3ccc(OC)cc3)CC2)C1. The summed E-state index contributed by atoms with van der Waals surface area (Å²) in [6.45, 7) is 8.52. The Bertz CT molecular complexity index is 435. The summed E-state index contributed by atoms with van der Waals surface area (Å²) >= 11 is 0. The van der Waals surface area contributed by atoms with E-state index in [4.69, 9.17) is 4.74 Å². The number of benzene rings is 1. The first-order valence-electron chi connectivity index (χ1n) is 7.86. The number of rotatable bonds is 3. The molecule has 0 bridgehead atoms. The van der Waals surface area contributed by atoms with Crippen LogP contribution in [0.1, 0.15) is 26.2 Å².